The summed E-state index contributed by atoms with van der Waals surface area (Å²) in [6.45, 7) is -0.595. The number of hydrogen-bond acceptors (Lipinski definition) is 2. The average Bonchev–Trinajstić information content (AvgIpc) is 2.65. The zero-order valence-corrected chi connectivity index (χ0v) is 8.81. The van der Waals surface area contributed by atoms with Gasteiger partial charge in [-0.25, -0.2) is 4.79 Å². The maximum absolute atomic E-state index is 12.0. The Morgan fingerprint density at radius 2 is 1.94 bits per heavy atom. The van der Waals surface area contributed by atoms with Crippen molar-refractivity contribution in [2.75, 3.05) is 6.54 Å². The van der Waals surface area contributed by atoms with E-state index < -0.39 is 24.8 Å². The number of alkyl halides is 3. The molecule has 16 heavy (non-hydrogen) atoms. The van der Waals surface area contributed by atoms with Crippen molar-refractivity contribution in [1.82, 2.24) is 10.6 Å². The molecule has 0 aromatic heterocycles. The predicted octanol–water partition coefficient (Wildman–Crippen LogP) is 1.12. The second kappa shape index (κ2) is 5.38. The van der Waals surface area contributed by atoms with Gasteiger partial charge in [-0.3, -0.25) is 0 Å². The Morgan fingerprint density at radius 1 is 1.38 bits per heavy atom. The molecule has 1 aliphatic carbocycles. The van der Waals surface area contributed by atoms with Gasteiger partial charge in [0, 0.05) is 12.6 Å². The number of carbonyl (C=O) groups is 1. The van der Waals surface area contributed by atoms with Crippen molar-refractivity contribution in [2.45, 2.75) is 43.9 Å². The summed E-state index contributed by atoms with van der Waals surface area (Å²) < 4.78 is 36.0. The molecule has 4 N–H and O–H groups in total. The molecule has 94 valence electrons. The summed E-state index contributed by atoms with van der Waals surface area (Å²) >= 11 is 0. The normalized spacial score (nSPS) is 19.5. The van der Waals surface area contributed by atoms with E-state index in [1.807, 2.05) is 0 Å². The summed E-state index contributed by atoms with van der Waals surface area (Å²) in [5.74, 6) is 0. The predicted molar refractivity (Wildman–Crippen MR) is 52.8 cm³/mol. The second-order valence-electron chi connectivity index (χ2n) is 3.98. The van der Waals surface area contributed by atoms with E-state index in [-0.39, 0.29) is 6.04 Å². The third-order valence-corrected chi connectivity index (χ3v) is 2.59. The molecule has 0 aromatic carbocycles. The van der Waals surface area contributed by atoms with Crippen molar-refractivity contribution in [3.8, 4) is 0 Å². The van der Waals surface area contributed by atoms with Crippen molar-refractivity contribution in [1.29, 1.82) is 0 Å². The number of hydrogen-bond donors (Lipinski definition) is 3. The molecule has 1 atom stereocenters. The first-order chi connectivity index (χ1) is 7.39. The summed E-state index contributed by atoms with van der Waals surface area (Å²) in [6, 6.07) is -2.50. The Bertz CT molecular complexity index is 239. The number of nitrogens with one attached hydrogen (secondary N) is 2. The summed E-state index contributed by atoms with van der Waals surface area (Å²) in [5.41, 5.74) is 4.84. The fourth-order valence-electron chi connectivity index (χ4n) is 1.62. The molecule has 0 bridgehead atoms. The molecule has 1 rings (SSSR count). The fourth-order valence-corrected chi connectivity index (χ4v) is 1.62. The number of carbonyl (C=O) groups excluding carboxylic acids is 1. The Hall–Kier alpha value is -0.980. The summed E-state index contributed by atoms with van der Waals surface area (Å²) in [5, 5.41) is 4.73. The van der Waals surface area contributed by atoms with E-state index >= 15 is 0 Å². The minimum atomic E-state index is -4.47. The number of halogens is 3. The largest absolute Gasteiger partial charge is 0.405 e. The van der Waals surface area contributed by atoms with Gasteiger partial charge in [0.25, 0.3) is 0 Å². The lowest BCUT2D eigenvalue weighted by molar-refractivity contribution is -0.146. The first-order valence-electron chi connectivity index (χ1n) is 5.26. The first kappa shape index (κ1) is 13.1. The zero-order chi connectivity index (χ0) is 12.2. The Balaban J connectivity index is 2.19. The minimum Gasteiger partial charge on any atom is -0.336 e. The average molecular weight is 239 g/mol. The zero-order valence-electron chi connectivity index (χ0n) is 8.81. The molecule has 1 aliphatic rings. The molecule has 1 fully saturated rings. The van der Waals surface area contributed by atoms with Crippen LogP contribution in [0, 0.1) is 0 Å². The third-order valence-electron chi connectivity index (χ3n) is 2.59. The maximum atomic E-state index is 12.0. The van der Waals surface area contributed by atoms with Crippen molar-refractivity contribution in [2.24, 2.45) is 5.73 Å². The van der Waals surface area contributed by atoms with Crippen LogP contribution in [0.1, 0.15) is 25.7 Å². The monoisotopic (exact) mass is 239 g/mol. The highest BCUT2D eigenvalue weighted by Crippen LogP contribution is 2.18. The second-order valence-corrected chi connectivity index (χ2v) is 3.98. The molecule has 0 heterocycles. The summed E-state index contributed by atoms with van der Waals surface area (Å²) in [7, 11) is 0. The van der Waals surface area contributed by atoms with Crippen molar-refractivity contribution in [3.05, 3.63) is 0 Å². The van der Waals surface area contributed by atoms with E-state index in [2.05, 4.69) is 10.6 Å². The molecule has 2 amide bonds. The van der Waals surface area contributed by atoms with Gasteiger partial charge >= 0.3 is 12.2 Å². The molecule has 0 spiro atoms. The van der Waals surface area contributed by atoms with Crippen LogP contribution < -0.4 is 16.4 Å². The molecule has 7 heteroatoms. The summed E-state index contributed by atoms with van der Waals surface area (Å²) in [4.78, 5) is 11.2. The van der Waals surface area contributed by atoms with Gasteiger partial charge in [-0.2, -0.15) is 13.2 Å². The highest BCUT2D eigenvalue weighted by Gasteiger charge is 2.36. The molecule has 1 saturated carbocycles. The number of amides is 2. The molecule has 4 nitrogen and oxygen atoms in total. The van der Waals surface area contributed by atoms with Crippen LogP contribution in [0.15, 0.2) is 0 Å². The SMILES string of the molecule is NC(CNC(=O)NC1CCCC1)C(F)(F)F. The fraction of sp³-hybridized carbons (Fsp3) is 0.889. The van der Waals surface area contributed by atoms with Crippen LogP contribution in [0.25, 0.3) is 0 Å². The van der Waals surface area contributed by atoms with Gasteiger partial charge < -0.3 is 16.4 Å². The Morgan fingerprint density at radius 3 is 2.44 bits per heavy atom. The molecule has 0 aromatic rings. The lowest BCUT2D eigenvalue weighted by Crippen LogP contribution is -2.50. The van der Waals surface area contributed by atoms with Gasteiger partial charge in [0.05, 0.1) is 0 Å². The number of rotatable bonds is 3. The van der Waals surface area contributed by atoms with Crippen LogP contribution in [0.4, 0.5) is 18.0 Å². The Labute approximate surface area is 91.8 Å². The van der Waals surface area contributed by atoms with Gasteiger partial charge in [-0.15, -0.1) is 0 Å². The molecular formula is C9H16F3N3O. The van der Waals surface area contributed by atoms with Crippen LogP contribution in [-0.4, -0.2) is 30.8 Å². The van der Waals surface area contributed by atoms with Gasteiger partial charge in [-0.05, 0) is 12.8 Å². The quantitative estimate of drug-likeness (QED) is 0.690. The maximum Gasteiger partial charge on any atom is 0.405 e. The minimum absolute atomic E-state index is 0.0853. The van der Waals surface area contributed by atoms with Crippen LogP contribution in [0.3, 0.4) is 0 Å². The van der Waals surface area contributed by atoms with E-state index in [1.54, 1.807) is 0 Å². The van der Waals surface area contributed by atoms with Crippen molar-refractivity contribution < 1.29 is 18.0 Å². The van der Waals surface area contributed by atoms with E-state index in [0.29, 0.717) is 0 Å². The highest BCUT2D eigenvalue weighted by molar-refractivity contribution is 5.74. The number of urea groups is 1. The van der Waals surface area contributed by atoms with E-state index in [4.69, 9.17) is 5.73 Å². The molecule has 0 saturated heterocycles. The van der Waals surface area contributed by atoms with Crippen LogP contribution in [0.2, 0.25) is 0 Å². The first-order valence-corrected chi connectivity index (χ1v) is 5.26. The molecule has 0 radical (unpaired) electrons. The third kappa shape index (κ3) is 4.26. The lowest BCUT2D eigenvalue weighted by atomic mass is 10.2. The smallest absolute Gasteiger partial charge is 0.336 e. The highest BCUT2D eigenvalue weighted by atomic mass is 19.4. The number of nitrogens with two attached hydrogens (primary N) is 1. The van der Waals surface area contributed by atoms with Gasteiger partial charge in [0.15, 0.2) is 0 Å². The van der Waals surface area contributed by atoms with E-state index in [0.717, 1.165) is 25.7 Å². The van der Waals surface area contributed by atoms with Crippen molar-refractivity contribution in [3.63, 3.8) is 0 Å². The summed E-state index contributed by atoms with van der Waals surface area (Å²) in [6.07, 6.45) is -0.599. The van der Waals surface area contributed by atoms with Crippen LogP contribution in [0.5, 0.6) is 0 Å². The molecule has 0 aliphatic heterocycles. The molecular weight excluding hydrogens is 223 g/mol. The van der Waals surface area contributed by atoms with Crippen LogP contribution >= 0.6 is 0 Å². The topological polar surface area (TPSA) is 67.1 Å². The lowest BCUT2D eigenvalue weighted by Gasteiger charge is -2.17. The van der Waals surface area contributed by atoms with Crippen LogP contribution in [-0.2, 0) is 0 Å². The van der Waals surface area contributed by atoms with Gasteiger partial charge in [0.1, 0.15) is 6.04 Å². The molecule has 1 unspecified atom stereocenters. The van der Waals surface area contributed by atoms with Gasteiger partial charge in [-0.1, -0.05) is 12.8 Å². The van der Waals surface area contributed by atoms with E-state index in [9.17, 15) is 18.0 Å². The van der Waals surface area contributed by atoms with E-state index in [1.165, 1.54) is 0 Å². The van der Waals surface area contributed by atoms with Crippen molar-refractivity contribution >= 4 is 6.03 Å². The Kier molecular flexibility index (Phi) is 4.40. The van der Waals surface area contributed by atoms with Gasteiger partial charge in [0.2, 0.25) is 0 Å². The standard InChI is InChI=1S/C9H16F3N3O/c10-9(11,12)7(13)5-14-8(16)15-6-3-1-2-4-6/h6-7H,1-5,13H2,(H2,14,15,16).